The first kappa shape index (κ1) is 20.6. The molecule has 1 N–H and O–H groups in total. The number of esters is 1. The highest BCUT2D eigenvalue weighted by atomic mass is 32.2. The second-order valence-electron chi connectivity index (χ2n) is 5.30. The van der Waals surface area contributed by atoms with E-state index in [4.69, 9.17) is 4.74 Å². The topological polar surface area (TPSA) is 64.6 Å². The SMILES string of the molecule is CC(OC(=O)CSc1ccccc1)C(=O)Nc1ccc(OC(F)(F)F)cc1. The van der Waals surface area contributed by atoms with Crippen LogP contribution in [0.2, 0.25) is 0 Å². The van der Waals surface area contributed by atoms with E-state index in [-0.39, 0.29) is 11.4 Å². The number of hydrogen-bond donors (Lipinski definition) is 1. The van der Waals surface area contributed by atoms with Crippen molar-refractivity contribution in [2.45, 2.75) is 24.3 Å². The van der Waals surface area contributed by atoms with Crippen LogP contribution in [0.5, 0.6) is 5.75 Å². The van der Waals surface area contributed by atoms with Gasteiger partial charge in [0.2, 0.25) is 0 Å². The fraction of sp³-hybridized carbons (Fsp3) is 0.222. The van der Waals surface area contributed by atoms with Crippen molar-refractivity contribution in [3.63, 3.8) is 0 Å². The third-order valence-electron chi connectivity index (χ3n) is 3.13. The zero-order chi connectivity index (χ0) is 19.9. The highest BCUT2D eigenvalue weighted by Gasteiger charge is 2.31. The molecule has 0 heterocycles. The van der Waals surface area contributed by atoms with Gasteiger partial charge in [0, 0.05) is 10.6 Å². The fourth-order valence-corrected chi connectivity index (χ4v) is 2.63. The number of anilines is 1. The van der Waals surface area contributed by atoms with Crippen LogP contribution < -0.4 is 10.1 Å². The Kier molecular flexibility index (Phi) is 7.12. The number of amides is 1. The quantitative estimate of drug-likeness (QED) is 0.557. The molecule has 0 fully saturated rings. The molecule has 0 bridgehead atoms. The van der Waals surface area contributed by atoms with Gasteiger partial charge in [0.15, 0.2) is 6.10 Å². The first-order chi connectivity index (χ1) is 12.7. The van der Waals surface area contributed by atoms with E-state index in [0.717, 1.165) is 17.0 Å². The third-order valence-corrected chi connectivity index (χ3v) is 4.12. The number of alkyl halides is 3. The minimum Gasteiger partial charge on any atom is -0.452 e. The van der Waals surface area contributed by atoms with E-state index >= 15 is 0 Å². The lowest BCUT2D eigenvalue weighted by Crippen LogP contribution is -2.30. The van der Waals surface area contributed by atoms with E-state index in [2.05, 4.69) is 10.1 Å². The lowest BCUT2D eigenvalue weighted by atomic mass is 10.3. The van der Waals surface area contributed by atoms with Crippen LogP contribution >= 0.6 is 11.8 Å². The van der Waals surface area contributed by atoms with Crippen molar-refractivity contribution in [2.75, 3.05) is 11.1 Å². The molecule has 1 unspecified atom stereocenters. The molecule has 0 saturated carbocycles. The van der Waals surface area contributed by atoms with Crippen LogP contribution in [0.3, 0.4) is 0 Å². The fourth-order valence-electron chi connectivity index (χ4n) is 1.93. The molecule has 0 radical (unpaired) electrons. The van der Waals surface area contributed by atoms with Gasteiger partial charge in [-0.3, -0.25) is 9.59 Å². The van der Waals surface area contributed by atoms with Crippen LogP contribution in [0.25, 0.3) is 0 Å². The van der Waals surface area contributed by atoms with Gasteiger partial charge in [-0.25, -0.2) is 0 Å². The standard InChI is InChI=1S/C18H16F3NO4S/c1-12(25-16(23)11-27-15-5-3-2-4-6-15)17(24)22-13-7-9-14(10-8-13)26-18(19,20)21/h2-10,12H,11H2,1H3,(H,22,24). The van der Waals surface area contributed by atoms with Crippen LogP contribution in [0.15, 0.2) is 59.5 Å². The summed E-state index contributed by atoms with van der Waals surface area (Å²) in [5, 5.41) is 2.45. The molecule has 2 aromatic rings. The second-order valence-corrected chi connectivity index (χ2v) is 6.34. The normalized spacial score (nSPS) is 12.1. The van der Waals surface area contributed by atoms with Crippen LogP contribution in [-0.4, -0.2) is 30.1 Å². The average molecular weight is 399 g/mol. The number of halogens is 3. The van der Waals surface area contributed by atoms with Crippen molar-refractivity contribution in [3.05, 3.63) is 54.6 Å². The van der Waals surface area contributed by atoms with Crippen molar-refractivity contribution in [1.29, 1.82) is 0 Å². The predicted molar refractivity (Wildman–Crippen MR) is 94.5 cm³/mol. The van der Waals surface area contributed by atoms with Gasteiger partial charge in [0.1, 0.15) is 5.75 Å². The Morgan fingerprint density at radius 3 is 2.30 bits per heavy atom. The lowest BCUT2D eigenvalue weighted by Gasteiger charge is -2.14. The number of carbonyl (C=O) groups excluding carboxylic acids is 2. The summed E-state index contributed by atoms with van der Waals surface area (Å²) in [7, 11) is 0. The molecule has 0 saturated heterocycles. The van der Waals surface area contributed by atoms with Crippen molar-refractivity contribution in [1.82, 2.24) is 0 Å². The molecule has 0 aliphatic rings. The zero-order valence-corrected chi connectivity index (χ0v) is 15.0. The number of thioether (sulfide) groups is 1. The molecule has 1 amide bonds. The number of carbonyl (C=O) groups is 2. The van der Waals surface area contributed by atoms with Gasteiger partial charge in [-0.2, -0.15) is 0 Å². The Labute approximate surface area is 157 Å². The molecule has 0 aliphatic heterocycles. The highest BCUT2D eigenvalue weighted by Crippen LogP contribution is 2.24. The molecule has 0 aliphatic carbocycles. The molecule has 2 rings (SSSR count). The minimum atomic E-state index is -4.79. The summed E-state index contributed by atoms with van der Waals surface area (Å²) in [4.78, 5) is 24.7. The summed E-state index contributed by atoms with van der Waals surface area (Å²) in [6.07, 6.45) is -5.84. The van der Waals surface area contributed by atoms with Crippen molar-refractivity contribution < 1.29 is 32.2 Å². The monoisotopic (exact) mass is 399 g/mol. The number of benzene rings is 2. The van der Waals surface area contributed by atoms with E-state index in [1.807, 2.05) is 30.3 Å². The molecule has 0 aromatic heterocycles. The van der Waals surface area contributed by atoms with E-state index in [1.54, 1.807) is 0 Å². The van der Waals surface area contributed by atoms with Gasteiger partial charge >= 0.3 is 12.3 Å². The van der Waals surface area contributed by atoms with Crippen molar-refractivity contribution in [2.24, 2.45) is 0 Å². The molecular weight excluding hydrogens is 383 g/mol. The molecule has 144 valence electrons. The van der Waals surface area contributed by atoms with E-state index < -0.39 is 30.1 Å². The number of rotatable bonds is 7. The van der Waals surface area contributed by atoms with Crippen LogP contribution in [0.4, 0.5) is 18.9 Å². The summed E-state index contributed by atoms with van der Waals surface area (Å²) in [6, 6.07) is 13.9. The molecule has 5 nitrogen and oxygen atoms in total. The van der Waals surface area contributed by atoms with Crippen LogP contribution in [0.1, 0.15) is 6.92 Å². The summed E-state index contributed by atoms with van der Waals surface area (Å²) >= 11 is 1.28. The van der Waals surface area contributed by atoms with Crippen molar-refractivity contribution in [3.8, 4) is 5.75 Å². The largest absolute Gasteiger partial charge is 0.573 e. The van der Waals surface area contributed by atoms with Crippen molar-refractivity contribution >= 4 is 29.3 Å². The number of hydrogen-bond acceptors (Lipinski definition) is 5. The van der Waals surface area contributed by atoms with Gasteiger partial charge in [-0.15, -0.1) is 24.9 Å². The first-order valence-corrected chi connectivity index (χ1v) is 8.75. The maximum absolute atomic E-state index is 12.1. The Balaban J connectivity index is 1.80. The Bertz CT molecular complexity index is 766. The van der Waals surface area contributed by atoms with Crippen LogP contribution in [-0.2, 0) is 14.3 Å². The summed E-state index contributed by atoms with van der Waals surface area (Å²) in [6.45, 7) is 1.40. The molecule has 27 heavy (non-hydrogen) atoms. The molecule has 2 aromatic carbocycles. The molecular formula is C18H16F3NO4S. The highest BCUT2D eigenvalue weighted by molar-refractivity contribution is 8.00. The smallest absolute Gasteiger partial charge is 0.452 e. The van der Waals surface area contributed by atoms with Gasteiger partial charge in [0.25, 0.3) is 5.91 Å². The minimum absolute atomic E-state index is 0.0467. The average Bonchev–Trinajstić information content (AvgIpc) is 2.61. The van der Waals surface area contributed by atoms with Gasteiger partial charge in [-0.05, 0) is 43.3 Å². The van der Waals surface area contributed by atoms with E-state index in [1.165, 1.54) is 30.8 Å². The number of ether oxygens (including phenoxy) is 2. The summed E-state index contributed by atoms with van der Waals surface area (Å²) in [5.41, 5.74) is 0.246. The Morgan fingerprint density at radius 1 is 1.07 bits per heavy atom. The maximum atomic E-state index is 12.1. The maximum Gasteiger partial charge on any atom is 0.573 e. The lowest BCUT2D eigenvalue weighted by molar-refractivity contribution is -0.274. The summed E-state index contributed by atoms with van der Waals surface area (Å²) < 4.78 is 45.1. The van der Waals surface area contributed by atoms with Gasteiger partial charge in [0.05, 0.1) is 5.75 Å². The Hall–Kier alpha value is -2.68. The first-order valence-electron chi connectivity index (χ1n) is 7.77. The van der Waals surface area contributed by atoms with Gasteiger partial charge in [-0.1, -0.05) is 18.2 Å². The van der Waals surface area contributed by atoms with Gasteiger partial charge < -0.3 is 14.8 Å². The number of nitrogens with one attached hydrogen (secondary N) is 1. The second kappa shape index (κ2) is 9.31. The summed E-state index contributed by atoms with van der Waals surface area (Å²) in [5.74, 6) is -1.51. The van der Waals surface area contributed by atoms with E-state index in [0.29, 0.717) is 0 Å². The molecule has 0 spiro atoms. The molecule has 9 heteroatoms. The Morgan fingerprint density at radius 2 is 1.70 bits per heavy atom. The van der Waals surface area contributed by atoms with E-state index in [9.17, 15) is 22.8 Å². The molecule has 1 atom stereocenters. The van der Waals surface area contributed by atoms with Crippen LogP contribution in [0, 0.1) is 0 Å². The third kappa shape index (κ3) is 7.61. The zero-order valence-electron chi connectivity index (χ0n) is 14.2. The predicted octanol–water partition coefficient (Wildman–Crippen LogP) is 4.25.